The van der Waals surface area contributed by atoms with Crippen LogP contribution in [0.1, 0.15) is 5.56 Å². The molecule has 5 aromatic carbocycles. The van der Waals surface area contributed by atoms with Crippen molar-refractivity contribution in [2.24, 2.45) is 0 Å². The van der Waals surface area contributed by atoms with Crippen molar-refractivity contribution in [3.63, 3.8) is 0 Å². The first-order chi connectivity index (χ1) is 18.3. The predicted octanol–water partition coefficient (Wildman–Crippen LogP) is 6.84. The summed E-state index contributed by atoms with van der Waals surface area (Å²) >= 11 is 0. The summed E-state index contributed by atoms with van der Waals surface area (Å²) in [4.78, 5) is 3.76. The second-order valence-electron chi connectivity index (χ2n) is 10.3. The van der Waals surface area contributed by atoms with E-state index in [4.69, 9.17) is 4.42 Å². The quantitative estimate of drug-likeness (QED) is 0.261. The second kappa shape index (κ2) is 6.74. The minimum atomic E-state index is 0.911. The van der Waals surface area contributed by atoms with Gasteiger partial charge in [-0.2, -0.15) is 0 Å². The monoisotopic (exact) mass is 472 g/mol. The highest BCUT2D eigenvalue weighted by Crippen LogP contribution is 2.39. The summed E-state index contributed by atoms with van der Waals surface area (Å²) in [5.74, 6) is 0. The molecule has 3 aromatic heterocycles. The number of benzene rings is 5. The topological polar surface area (TPSA) is 33.9 Å². The molecule has 37 heavy (non-hydrogen) atoms. The van der Waals surface area contributed by atoms with E-state index in [0.717, 1.165) is 40.3 Å². The van der Waals surface area contributed by atoms with Crippen molar-refractivity contribution < 1.29 is 4.42 Å². The number of nitrogens with one attached hydrogen (secondary N) is 1. The molecule has 9 rings (SSSR count). The maximum atomic E-state index is 6.32. The van der Waals surface area contributed by atoms with Gasteiger partial charge in [-0.15, -0.1) is 0 Å². The van der Waals surface area contributed by atoms with E-state index in [1.807, 2.05) is 12.1 Å². The number of rotatable bonds is 1. The Kier molecular flexibility index (Phi) is 3.55. The lowest BCUT2D eigenvalue weighted by atomic mass is 9.59. The van der Waals surface area contributed by atoms with Crippen LogP contribution in [0.2, 0.25) is 0 Å². The fourth-order valence-corrected chi connectivity index (χ4v) is 6.68. The molecule has 4 heteroatoms. The summed E-state index contributed by atoms with van der Waals surface area (Å²) < 4.78 is 8.81. The van der Waals surface area contributed by atoms with E-state index in [1.165, 1.54) is 55.1 Å². The van der Waals surface area contributed by atoms with Gasteiger partial charge in [-0.1, -0.05) is 72.2 Å². The number of nitrogens with zero attached hydrogens (tertiary/aromatic N) is 1. The van der Waals surface area contributed by atoms with Crippen LogP contribution in [0.3, 0.4) is 0 Å². The van der Waals surface area contributed by atoms with Crippen LogP contribution >= 0.6 is 0 Å². The van der Waals surface area contributed by atoms with Gasteiger partial charge in [-0.3, -0.25) is 0 Å². The van der Waals surface area contributed by atoms with Crippen LogP contribution in [-0.2, 0) is 0 Å². The molecule has 1 N–H and O–H groups in total. The molecule has 0 saturated carbocycles. The first-order valence-corrected chi connectivity index (χ1v) is 12.8. The summed E-state index contributed by atoms with van der Waals surface area (Å²) in [5, 5.41) is 4.90. The zero-order chi connectivity index (χ0) is 24.2. The number of H-pyrrole nitrogens is 1. The molecule has 0 radical (unpaired) electrons. The van der Waals surface area contributed by atoms with E-state index >= 15 is 0 Å². The van der Waals surface area contributed by atoms with Gasteiger partial charge < -0.3 is 14.0 Å². The molecule has 0 atom stereocenters. The molecule has 0 saturated heterocycles. The van der Waals surface area contributed by atoms with Crippen LogP contribution in [0.4, 0.5) is 0 Å². The van der Waals surface area contributed by atoms with E-state index in [1.54, 1.807) is 0 Å². The Labute approximate surface area is 213 Å². The Morgan fingerprint density at radius 2 is 1.49 bits per heavy atom. The molecule has 1 aliphatic heterocycles. The molecule has 1 aliphatic rings. The molecule has 0 amide bonds. The lowest BCUT2D eigenvalue weighted by molar-refractivity contribution is 0.673. The highest BCUT2D eigenvalue weighted by atomic mass is 16.3. The van der Waals surface area contributed by atoms with Crippen LogP contribution in [0.5, 0.6) is 0 Å². The standard InChI is InChI=1S/C33H21BN2O/c1-18-16-24(20-10-6-12-23-30(20)35-31-22-9-3-5-15-28(22)37-33(23)31)29-27(17-18)36-26-14-4-2-8-19(26)21-11-7-13-25(34-29)32(21)36/h2-17,34-35H,1H3. The maximum Gasteiger partial charge on any atom is 0.198 e. The van der Waals surface area contributed by atoms with Crippen molar-refractivity contribution in [2.45, 2.75) is 6.92 Å². The fourth-order valence-electron chi connectivity index (χ4n) is 6.68. The molecular weight excluding hydrogens is 451 g/mol. The van der Waals surface area contributed by atoms with E-state index < -0.39 is 0 Å². The molecule has 8 aromatic rings. The van der Waals surface area contributed by atoms with Gasteiger partial charge in [0.25, 0.3) is 0 Å². The Hall–Kier alpha value is -4.70. The molecule has 0 aliphatic carbocycles. The van der Waals surface area contributed by atoms with E-state index in [9.17, 15) is 0 Å². The number of hydrogen-bond donors (Lipinski definition) is 1. The zero-order valence-corrected chi connectivity index (χ0v) is 20.3. The number of aryl methyl sites for hydroxylation is 1. The van der Waals surface area contributed by atoms with Gasteiger partial charge in [-0.05, 0) is 53.8 Å². The number of furan rings is 1. The van der Waals surface area contributed by atoms with Crippen molar-refractivity contribution in [3.8, 4) is 16.8 Å². The summed E-state index contributed by atoms with van der Waals surface area (Å²) in [6, 6.07) is 35.1. The average molecular weight is 472 g/mol. The molecule has 172 valence electrons. The van der Waals surface area contributed by atoms with Crippen molar-refractivity contribution in [1.29, 1.82) is 0 Å². The Morgan fingerprint density at radius 3 is 2.43 bits per heavy atom. The minimum Gasteiger partial charge on any atom is -0.454 e. The normalized spacial score (nSPS) is 12.7. The molecule has 0 spiro atoms. The Morgan fingerprint density at radius 1 is 0.703 bits per heavy atom. The first-order valence-electron chi connectivity index (χ1n) is 12.8. The van der Waals surface area contributed by atoms with Crippen LogP contribution < -0.4 is 10.9 Å². The summed E-state index contributed by atoms with van der Waals surface area (Å²) in [6.07, 6.45) is 0. The van der Waals surface area contributed by atoms with E-state index in [2.05, 4.69) is 101 Å². The number of fused-ring (bicyclic) bond motifs is 10. The maximum absolute atomic E-state index is 6.32. The van der Waals surface area contributed by atoms with Crippen LogP contribution in [-0.4, -0.2) is 16.8 Å². The van der Waals surface area contributed by atoms with E-state index in [-0.39, 0.29) is 0 Å². The molecular formula is C33H21BN2O. The summed E-state index contributed by atoms with van der Waals surface area (Å²) in [7, 11) is 0.911. The fraction of sp³-hybridized carbons (Fsp3) is 0.0303. The van der Waals surface area contributed by atoms with Gasteiger partial charge in [-0.25, -0.2) is 0 Å². The highest BCUT2D eigenvalue weighted by Gasteiger charge is 2.26. The summed E-state index contributed by atoms with van der Waals surface area (Å²) in [6.45, 7) is 2.21. The number of aromatic amines is 1. The van der Waals surface area contributed by atoms with Crippen molar-refractivity contribution in [2.75, 3.05) is 0 Å². The van der Waals surface area contributed by atoms with Gasteiger partial charge in [0.2, 0.25) is 0 Å². The Balaban J connectivity index is 1.39. The SMILES string of the molecule is Cc1cc(-c2cccc3c2[nH]c2c4ccccc4oc32)c2c(c1)-n1c3ccccc3c3cccc(c31)B2. The minimum absolute atomic E-state index is 0.911. The third kappa shape index (κ3) is 2.42. The average Bonchev–Trinajstić information content (AvgIpc) is 3.58. The van der Waals surface area contributed by atoms with Crippen molar-refractivity contribution >= 4 is 73.0 Å². The van der Waals surface area contributed by atoms with Crippen molar-refractivity contribution in [3.05, 3.63) is 103 Å². The van der Waals surface area contributed by atoms with Gasteiger partial charge >= 0.3 is 0 Å². The molecule has 0 bridgehead atoms. The van der Waals surface area contributed by atoms with Gasteiger partial charge in [0.1, 0.15) is 5.58 Å². The lowest BCUT2D eigenvalue weighted by Crippen LogP contribution is -2.37. The zero-order valence-electron chi connectivity index (χ0n) is 20.3. The van der Waals surface area contributed by atoms with Gasteiger partial charge in [0.05, 0.1) is 16.6 Å². The smallest absolute Gasteiger partial charge is 0.198 e. The largest absolute Gasteiger partial charge is 0.454 e. The van der Waals surface area contributed by atoms with Crippen molar-refractivity contribution in [1.82, 2.24) is 9.55 Å². The first kappa shape index (κ1) is 19.5. The number of hydrogen-bond acceptors (Lipinski definition) is 1. The van der Waals surface area contributed by atoms with Gasteiger partial charge in [0, 0.05) is 38.3 Å². The lowest BCUT2D eigenvalue weighted by Gasteiger charge is -2.24. The third-order valence-electron chi connectivity index (χ3n) is 8.20. The Bertz CT molecular complexity index is 2240. The van der Waals surface area contributed by atoms with Crippen LogP contribution in [0, 0.1) is 6.92 Å². The third-order valence-corrected chi connectivity index (χ3v) is 8.20. The van der Waals surface area contributed by atoms with Gasteiger partial charge in [0.15, 0.2) is 12.9 Å². The molecule has 4 heterocycles. The second-order valence-corrected chi connectivity index (χ2v) is 10.3. The number of aromatic nitrogens is 2. The van der Waals surface area contributed by atoms with Crippen LogP contribution in [0.25, 0.3) is 71.6 Å². The van der Waals surface area contributed by atoms with Crippen LogP contribution in [0.15, 0.2) is 101 Å². The highest BCUT2D eigenvalue weighted by molar-refractivity contribution is 6.73. The molecule has 0 fully saturated rings. The van der Waals surface area contributed by atoms with E-state index in [0.29, 0.717) is 0 Å². The molecule has 3 nitrogen and oxygen atoms in total. The predicted molar refractivity (Wildman–Crippen MR) is 157 cm³/mol. The molecule has 0 unspecified atom stereocenters. The number of para-hydroxylation sites is 4. The summed E-state index contributed by atoms with van der Waals surface area (Å²) in [5.41, 5.74) is 14.5.